The van der Waals surface area contributed by atoms with Crippen molar-refractivity contribution in [3.8, 4) is 0 Å². The molecule has 0 aliphatic rings. The molecule has 1 heterocycles. The van der Waals surface area contributed by atoms with E-state index >= 15 is 0 Å². The van der Waals surface area contributed by atoms with Gasteiger partial charge in [-0.05, 0) is 18.9 Å². The van der Waals surface area contributed by atoms with E-state index in [9.17, 15) is 0 Å². The summed E-state index contributed by atoms with van der Waals surface area (Å²) in [6, 6.07) is 2.14. The van der Waals surface area contributed by atoms with Crippen molar-refractivity contribution in [3.05, 3.63) is 17.5 Å². The van der Waals surface area contributed by atoms with Crippen molar-refractivity contribution in [1.29, 1.82) is 0 Å². The lowest BCUT2D eigenvalue weighted by molar-refractivity contribution is 0.411. The van der Waals surface area contributed by atoms with Crippen molar-refractivity contribution in [2.45, 2.75) is 26.7 Å². The summed E-state index contributed by atoms with van der Waals surface area (Å²) in [6.07, 6.45) is 1.84. The molecule has 1 aromatic rings. The average molecular weight is 249 g/mol. The molecule has 0 amide bonds. The summed E-state index contributed by atoms with van der Waals surface area (Å²) in [5, 5.41) is 4.41. The quantitative estimate of drug-likeness (QED) is 0.733. The lowest BCUT2D eigenvalue weighted by atomic mass is 9.90. The molecule has 0 unspecified atom stereocenters. The standard InChI is InChI=1S/C11H18Cl2N2/c1-4-9-5-10(15(3)14-9)6-11(2,7-12)8-13/h5H,4,6-8H2,1-3H3. The summed E-state index contributed by atoms with van der Waals surface area (Å²) < 4.78 is 1.93. The molecule has 4 heteroatoms. The Morgan fingerprint density at radius 2 is 2.00 bits per heavy atom. The monoisotopic (exact) mass is 248 g/mol. The minimum Gasteiger partial charge on any atom is -0.272 e. The zero-order valence-electron chi connectivity index (χ0n) is 9.56. The van der Waals surface area contributed by atoms with Gasteiger partial charge in [-0.25, -0.2) is 0 Å². The van der Waals surface area contributed by atoms with E-state index in [-0.39, 0.29) is 5.41 Å². The van der Waals surface area contributed by atoms with E-state index in [1.54, 1.807) is 0 Å². The van der Waals surface area contributed by atoms with Crippen molar-refractivity contribution in [2.24, 2.45) is 12.5 Å². The SMILES string of the molecule is CCc1cc(CC(C)(CCl)CCl)n(C)n1. The van der Waals surface area contributed by atoms with Crippen LogP contribution in [0.4, 0.5) is 0 Å². The maximum Gasteiger partial charge on any atom is 0.0624 e. The fraction of sp³-hybridized carbons (Fsp3) is 0.727. The van der Waals surface area contributed by atoms with Crippen LogP contribution in [0, 0.1) is 5.41 Å². The van der Waals surface area contributed by atoms with Crippen LogP contribution in [0.1, 0.15) is 25.2 Å². The second-order valence-electron chi connectivity index (χ2n) is 4.36. The Hall–Kier alpha value is -0.210. The molecule has 0 fully saturated rings. The van der Waals surface area contributed by atoms with Crippen LogP contribution >= 0.6 is 23.2 Å². The van der Waals surface area contributed by atoms with Gasteiger partial charge < -0.3 is 0 Å². The molecule has 0 N–H and O–H groups in total. The van der Waals surface area contributed by atoms with E-state index in [4.69, 9.17) is 23.2 Å². The molecule has 86 valence electrons. The molecule has 0 bridgehead atoms. The third-order valence-electron chi connectivity index (χ3n) is 2.64. The van der Waals surface area contributed by atoms with Crippen molar-refractivity contribution < 1.29 is 0 Å². The van der Waals surface area contributed by atoms with Crippen LogP contribution in [0.3, 0.4) is 0 Å². The predicted octanol–water partition coefficient (Wildman–Crippen LogP) is 3.01. The van der Waals surface area contributed by atoms with Gasteiger partial charge in [0.05, 0.1) is 5.69 Å². The predicted molar refractivity (Wildman–Crippen MR) is 65.8 cm³/mol. The molecule has 0 saturated carbocycles. The van der Waals surface area contributed by atoms with Gasteiger partial charge in [-0.15, -0.1) is 23.2 Å². The highest BCUT2D eigenvalue weighted by Gasteiger charge is 2.24. The fourth-order valence-electron chi connectivity index (χ4n) is 1.48. The van der Waals surface area contributed by atoms with Gasteiger partial charge in [0, 0.05) is 29.9 Å². The van der Waals surface area contributed by atoms with Crippen LogP contribution in [0.2, 0.25) is 0 Å². The first kappa shape index (κ1) is 12.9. The Kier molecular flexibility index (Phi) is 4.47. The summed E-state index contributed by atoms with van der Waals surface area (Å²) in [5.74, 6) is 1.15. The molecular weight excluding hydrogens is 231 g/mol. The van der Waals surface area contributed by atoms with Gasteiger partial charge in [0.15, 0.2) is 0 Å². The van der Waals surface area contributed by atoms with Gasteiger partial charge in [-0.1, -0.05) is 13.8 Å². The summed E-state index contributed by atoms with van der Waals surface area (Å²) in [4.78, 5) is 0. The minimum absolute atomic E-state index is 0.0398. The zero-order valence-corrected chi connectivity index (χ0v) is 11.1. The minimum atomic E-state index is -0.0398. The molecule has 0 spiro atoms. The third-order valence-corrected chi connectivity index (χ3v) is 3.93. The Morgan fingerprint density at radius 3 is 2.40 bits per heavy atom. The highest BCUT2D eigenvalue weighted by atomic mass is 35.5. The van der Waals surface area contributed by atoms with E-state index in [2.05, 4.69) is 25.0 Å². The summed E-state index contributed by atoms with van der Waals surface area (Å²) in [7, 11) is 1.97. The summed E-state index contributed by atoms with van der Waals surface area (Å²) in [5.41, 5.74) is 2.29. The van der Waals surface area contributed by atoms with E-state index in [1.807, 2.05) is 11.7 Å². The number of nitrogens with zero attached hydrogens (tertiary/aromatic N) is 2. The van der Waals surface area contributed by atoms with Gasteiger partial charge in [0.1, 0.15) is 0 Å². The molecule has 0 aromatic carbocycles. The second-order valence-corrected chi connectivity index (χ2v) is 4.89. The normalized spacial score (nSPS) is 12.1. The van der Waals surface area contributed by atoms with Crippen LogP contribution in [-0.2, 0) is 19.9 Å². The molecule has 0 atom stereocenters. The molecule has 1 aromatic heterocycles. The van der Waals surface area contributed by atoms with Crippen LogP contribution in [0.15, 0.2) is 6.07 Å². The van der Waals surface area contributed by atoms with Gasteiger partial charge in [0.2, 0.25) is 0 Å². The number of alkyl halides is 2. The molecule has 15 heavy (non-hydrogen) atoms. The highest BCUT2D eigenvalue weighted by Crippen LogP contribution is 2.26. The lowest BCUT2D eigenvalue weighted by Gasteiger charge is -2.23. The van der Waals surface area contributed by atoms with E-state index < -0.39 is 0 Å². The van der Waals surface area contributed by atoms with Gasteiger partial charge >= 0.3 is 0 Å². The van der Waals surface area contributed by atoms with Crippen molar-refractivity contribution in [2.75, 3.05) is 11.8 Å². The molecule has 0 saturated heterocycles. The van der Waals surface area contributed by atoms with Crippen LogP contribution in [0.25, 0.3) is 0 Å². The van der Waals surface area contributed by atoms with Gasteiger partial charge in [-0.3, -0.25) is 4.68 Å². The Labute approximate surface area is 102 Å². The maximum atomic E-state index is 5.94. The molecule has 0 aliphatic heterocycles. The lowest BCUT2D eigenvalue weighted by Crippen LogP contribution is -2.25. The number of aryl methyl sites for hydroxylation is 2. The second kappa shape index (κ2) is 5.22. The number of rotatable bonds is 5. The van der Waals surface area contributed by atoms with Crippen molar-refractivity contribution in [1.82, 2.24) is 9.78 Å². The van der Waals surface area contributed by atoms with Gasteiger partial charge in [-0.2, -0.15) is 5.10 Å². The Balaban J connectivity index is 2.83. The van der Waals surface area contributed by atoms with Crippen LogP contribution in [0.5, 0.6) is 0 Å². The third kappa shape index (κ3) is 3.12. The molecule has 0 aliphatic carbocycles. The van der Waals surface area contributed by atoms with Crippen LogP contribution < -0.4 is 0 Å². The maximum absolute atomic E-state index is 5.94. The molecule has 2 nitrogen and oxygen atoms in total. The van der Waals surface area contributed by atoms with Gasteiger partial charge in [0.25, 0.3) is 0 Å². The van der Waals surface area contributed by atoms with E-state index in [0.717, 1.165) is 18.5 Å². The number of halogens is 2. The number of hydrogen-bond donors (Lipinski definition) is 0. The summed E-state index contributed by atoms with van der Waals surface area (Å²) in [6.45, 7) is 4.21. The number of aromatic nitrogens is 2. The average Bonchev–Trinajstić information content (AvgIpc) is 2.59. The first-order chi connectivity index (χ1) is 7.04. The zero-order chi connectivity index (χ0) is 11.5. The Morgan fingerprint density at radius 1 is 1.40 bits per heavy atom. The molecule has 1 rings (SSSR count). The van der Waals surface area contributed by atoms with Crippen molar-refractivity contribution in [3.63, 3.8) is 0 Å². The highest BCUT2D eigenvalue weighted by molar-refractivity contribution is 6.21. The van der Waals surface area contributed by atoms with E-state index in [0.29, 0.717) is 11.8 Å². The fourth-order valence-corrected chi connectivity index (χ4v) is 1.95. The molecule has 0 radical (unpaired) electrons. The largest absolute Gasteiger partial charge is 0.272 e. The summed E-state index contributed by atoms with van der Waals surface area (Å²) >= 11 is 11.9. The van der Waals surface area contributed by atoms with Crippen LogP contribution in [-0.4, -0.2) is 21.5 Å². The van der Waals surface area contributed by atoms with Crippen molar-refractivity contribution >= 4 is 23.2 Å². The smallest absolute Gasteiger partial charge is 0.0624 e. The topological polar surface area (TPSA) is 17.8 Å². The molecular formula is C11H18Cl2N2. The first-order valence-corrected chi connectivity index (χ1v) is 6.25. The Bertz CT molecular complexity index is 316. The number of hydrogen-bond acceptors (Lipinski definition) is 1. The first-order valence-electron chi connectivity index (χ1n) is 5.18. The van der Waals surface area contributed by atoms with E-state index in [1.165, 1.54) is 5.69 Å².